The molecule has 0 spiro atoms. The Bertz CT molecular complexity index is 299. The molecule has 0 aliphatic carbocycles. The molecule has 1 amide bonds. The second-order valence-electron chi connectivity index (χ2n) is 4.25. The lowest BCUT2D eigenvalue weighted by atomic mass is 10.3. The number of carbonyl (C=O) groups excluding carboxylic acids is 1. The van der Waals surface area contributed by atoms with Crippen LogP contribution in [-0.4, -0.2) is 38.9 Å². The summed E-state index contributed by atoms with van der Waals surface area (Å²) in [4.78, 5) is 11.2. The Morgan fingerprint density at radius 2 is 2.00 bits per heavy atom. The van der Waals surface area contributed by atoms with Crippen LogP contribution in [0, 0.1) is 5.92 Å². The van der Waals surface area contributed by atoms with Gasteiger partial charge < -0.3 is 11.1 Å². The normalized spacial score (nSPS) is 11.8. The maximum absolute atomic E-state index is 11.5. The largest absolute Gasteiger partial charge is 0.356 e. The number of carbonyl (C=O) groups is 1. The van der Waals surface area contributed by atoms with Crippen LogP contribution in [0.3, 0.4) is 0 Å². The third-order valence-electron chi connectivity index (χ3n) is 1.93. The highest BCUT2D eigenvalue weighted by Crippen LogP contribution is 2.02. The smallest absolute Gasteiger partial charge is 0.221 e. The van der Waals surface area contributed by atoms with E-state index in [1.807, 2.05) is 13.8 Å². The van der Waals surface area contributed by atoms with Crippen molar-refractivity contribution in [2.75, 3.05) is 24.6 Å². The minimum atomic E-state index is -3.09. The first-order valence-electron chi connectivity index (χ1n) is 5.54. The molecule has 0 rings (SSSR count). The fraction of sp³-hybridized carbons (Fsp3) is 0.900. The second kappa shape index (κ2) is 7.62. The minimum Gasteiger partial charge on any atom is -0.356 e. The zero-order valence-corrected chi connectivity index (χ0v) is 10.8. The van der Waals surface area contributed by atoms with Gasteiger partial charge >= 0.3 is 0 Å². The predicted molar refractivity (Wildman–Crippen MR) is 64.8 cm³/mol. The summed E-state index contributed by atoms with van der Waals surface area (Å²) >= 11 is 0. The summed E-state index contributed by atoms with van der Waals surface area (Å²) in [5, 5.41) is 2.63. The number of rotatable bonds is 8. The highest BCUT2D eigenvalue weighted by atomic mass is 32.2. The van der Waals surface area contributed by atoms with Crippen molar-refractivity contribution in [2.45, 2.75) is 26.7 Å². The van der Waals surface area contributed by atoms with E-state index in [1.54, 1.807) is 0 Å². The number of nitrogens with one attached hydrogen (secondary N) is 1. The number of hydrogen-bond donors (Lipinski definition) is 2. The molecule has 0 aliphatic rings. The second-order valence-corrected chi connectivity index (χ2v) is 6.48. The van der Waals surface area contributed by atoms with Gasteiger partial charge in [0.25, 0.3) is 0 Å². The summed E-state index contributed by atoms with van der Waals surface area (Å²) in [5.74, 6) is -0.0472. The summed E-state index contributed by atoms with van der Waals surface area (Å²) in [6, 6.07) is 0. The number of sulfone groups is 1. The molecular formula is C10H22N2O3S. The molecule has 5 nitrogen and oxygen atoms in total. The lowest BCUT2D eigenvalue weighted by Crippen LogP contribution is -2.28. The van der Waals surface area contributed by atoms with Gasteiger partial charge in [0, 0.05) is 13.0 Å². The molecular weight excluding hydrogens is 228 g/mol. The molecule has 0 aliphatic heterocycles. The molecule has 3 N–H and O–H groups in total. The molecule has 16 heavy (non-hydrogen) atoms. The maximum Gasteiger partial charge on any atom is 0.221 e. The van der Waals surface area contributed by atoms with Crippen LogP contribution in [0.5, 0.6) is 0 Å². The predicted octanol–water partition coefficient (Wildman–Crippen LogP) is -0.0877. The van der Waals surface area contributed by atoms with E-state index in [0.29, 0.717) is 19.5 Å². The first kappa shape index (κ1) is 15.4. The summed E-state index contributed by atoms with van der Waals surface area (Å²) in [6.07, 6.45) is 0.754. The lowest BCUT2D eigenvalue weighted by Gasteiger charge is -2.07. The quantitative estimate of drug-likeness (QED) is 0.589. The van der Waals surface area contributed by atoms with Gasteiger partial charge in [0.15, 0.2) is 9.84 Å². The third kappa shape index (κ3) is 8.67. The third-order valence-corrected chi connectivity index (χ3v) is 3.93. The summed E-state index contributed by atoms with van der Waals surface area (Å²) in [7, 11) is -3.09. The molecule has 96 valence electrons. The Labute approximate surface area is 97.7 Å². The van der Waals surface area contributed by atoms with Crippen molar-refractivity contribution >= 4 is 15.7 Å². The van der Waals surface area contributed by atoms with Crippen molar-refractivity contribution in [3.05, 3.63) is 0 Å². The van der Waals surface area contributed by atoms with Crippen molar-refractivity contribution in [1.29, 1.82) is 0 Å². The Kier molecular flexibility index (Phi) is 7.33. The molecule has 0 aromatic rings. The molecule has 6 heteroatoms. The average Bonchev–Trinajstić information content (AvgIpc) is 2.13. The lowest BCUT2D eigenvalue weighted by molar-refractivity contribution is -0.120. The van der Waals surface area contributed by atoms with Gasteiger partial charge in [-0.05, 0) is 18.9 Å². The van der Waals surface area contributed by atoms with Crippen LogP contribution in [0.15, 0.2) is 0 Å². The Morgan fingerprint density at radius 3 is 2.50 bits per heavy atom. The van der Waals surface area contributed by atoms with Crippen molar-refractivity contribution in [1.82, 2.24) is 5.32 Å². The molecule has 0 heterocycles. The van der Waals surface area contributed by atoms with Crippen molar-refractivity contribution in [3.8, 4) is 0 Å². The van der Waals surface area contributed by atoms with Gasteiger partial charge in [0.05, 0.1) is 11.5 Å². The molecule has 0 saturated heterocycles. The minimum absolute atomic E-state index is 0.0413. The van der Waals surface area contributed by atoms with Crippen LogP contribution >= 0.6 is 0 Å². The van der Waals surface area contributed by atoms with Crippen LogP contribution in [-0.2, 0) is 14.6 Å². The SMILES string of the molecule is CC(C)CS(=O)(=O)CCC(=O)NCCCN. The molecule has 0 fully saturated rings. The maximum atomic E-state index is 11.5. The number of amides is 1. The van der Waals surface area contributed by atoms with E-state index in [4.69, 9.17) is 5.73 Å². The fourth-order valence-electron chi connectivity index (χ4n) is 1.26. The molecule has 0 radical (unpaired) electrons. The molecule has 0 aromatic heterocycles. The first-order valence-corrected chi connectivity index (χ1v) is 7.36. The van der Waals surface area contributed by atoms with Crippen molar-refractivity contribution in [2.24, 2.45) is 11.7 Å². The van der Waals surface area contributed by atoms with E-state index in [2.05, 4.69) is 5.32 Å². The molecule has 0 atom stereocenters. The molecule has 0 unspecified atom stereocenters. The van der Waals surface area contributed by atoms with E-state index < -0.39 is 9.84 Å². The highest BCUT2D eigenvalue weighted by Gasteiger charge is 2.14. The monoisotopic (exact) mass is 250 g/mol. The zero-order chi connectivity index (χ0) is 12.6. The Hall–Kier alpha value is -0.620. The number of nitrogens with two attached hydrogens (primary N) is 1. The average molecular weight is 250 g/mol. The van der Waals surface area contributed by atoms with Crippen LogP contribution in [0.1, 0.15) is 26.7 Å². The summed E-state index contributed by atoms with van der Waals surface area (Å²) in [6.45, 7) is 4.73. The van der Waals surface area contributed by atoms with Gasteiger partial charge in [-0.2, -0.15) is 0 Å². The van der Waals surface area contributed by atoms with Crippen LogP contribution in [0.2, 0.25) is 0 Å². The van der Waals surface area contributed by atoms with E-state index in [0.717, 1.165) is 0 Å². The van der Waals surface area contributed by atoms with Crippen molar-refractivity contribution in [3.63, 3.8) is 0 Å². The Morgan fingerprint density at radius 1 is 1.38 bits per heavy atom. The van der Waals surface area contributed by atoms with Gasteiger partial charge in [0.2, 0.25) is 5.91 Å². The molecule has 0 saturated carbocycles. The zero-order valence-electron chi connectivity index (χ0n) is 10.0. The van der Waals surface area contributed by atoms with Crippen molar-refractivity contribution < 1.29 is 13.2 Å². The van der Waals surface area contributed by atoms with E-state index in [9.17, 15) is 13.2 Å². The number of hydrogen-bond acceptors (Lipinski definition) is 4. The summed E-state index contributed by atoms with van der Waals surface area (Å²) in [5.41, 5.74) is 5.27. The van der Waals surface area contributed by atoms with Gasteiger partial charge in [-0.25, -0.2) is 8.42 Å². The topological polar surface area (TPSA) is 89.3 Å². The standard InChI is InChI=1S/C10H22N2O3S/c1-9(2)8-16(14,15)7-4-10(13)12-6-3-5-11/h9H,3-8,11H2,1-2H3,(H,12,13). The highest BCUT2D eigenvalue weighted by molar-refractivity contribution is 7.91. The summed E-state index contributed by atoms with van der Waals surface area (Å²) < 4.78 is 23.0. The first-order chi connectivity index (χ1) is 7.37. The van der Waals surface area contributed by atoms with Gasteiger partial charge in [0.1, 0.15) is 0 Å². The molecule has 0 aromatic carbocycles. The molecule has 0 bridgehead atoms. The van der Waals surface area contributed by atoms with Crippen LogP contribution in [0.4, 0.5) is 0 Å². The van der Waals surface area contributed by atoms with E-state index in [-0.39, 0.29) is 29.8 Å². The Balaban J connectivity index is 3.82. The van der Waals surface area contributed by atoms with Crippen LogP contribution in [0.25, 0.3) is 0 Å². The van der Waals surface area contributed by atoms with Gasteiger partial charge in [-0.3, -0.25) is 4.79 Å². The fourth-order valence-corrected chi connectivity index (χ4v) is 2.94. The van der Waals surface area contributed by atoms with Gasteiger partial charge in [-0.15, -0.1) is 0 Å². The van der Waals surface area contributed by atoms with E-state index >= 15 is 0 Å². The van der Waals surface area contributed by atoms with Crippen LogP contribution < -0.4 is 11.1 Å². The van der Waals surface area contributed by atoms with E-state index in [1.165, 1.54) is 0 Å². The van der Waals surface area contributed by atoms with Gasteiger partial charge in [-0.1, -0.05) is 13.8 Å².